The average molecular weight is 298 g/mol. The number of rotatable bonds is 5. The van der Waals surface area contributed by atoms with Gasteiger partial charge >= 0.3 is 6.18 Å². The number of halogens is 3. The highest BCUT2D eigenvalue weighted by Crippen LogP contribution is 2.27. The molecule has 7 heteroatoms. The highest BCUT2D eigenvalue weighted by Gasteiger charge is 2.33. The van der Waals surface area contributed by atoms with Crippen molar-refractivity contribution in [2.45, 2.75) is 39.2 Å². The van der Waals surface area contributed by atoms with Crippen LogP contribution in [0.4, 0.5) is 13.2 Å². The number of nitrogens with zero attached hydrogens (tertiary/aromatic N) is 3. The second-order valence-corrected chi connectivity index (χ2v) is 5.05. The minimum atomic E-state index is -4.41. The molecule has 0 saturated heterocycles. The van der Waals surface area contributed by atoms with E-state index >= 15 is 0 Å². The van der Waals surface area contributed by atoms with Gasteiger partial charge < -0.3 is 5.32 Å². The van der Waals surface area contributed by atoms with E-state index in [0.29, 0.717) is 18.3 Å². The fourth-order valence-electron chi connectivity index (χ4n) is 1.79. The molecule has 0 aliphatic rings. The van der Waals surface area contributed by atoms with Gasteiger partial charge in [-0.25, -0.2) is 0 Å². The summed E-state index contributed by atoms with van der Waals surface area (Å²) in [7, 11) is 0. The van der Waals surface area contributed by atoms with Crippen LogP contribution < -0.4 is 5.32 Å². The van der Waals surface area contributed by atoms with E-state index in [2.05, 4.69) is 15.4 Å². The molecular formula is C14H17F3N4. The van der Waals surface area contributed by atoms with Gasteiger partial charge in [-0.3, -0.25) is 9.67 Å². The second-order valence-electron chi connectivity index (χ2n) is 5.05. The summed E-state index contributed by atoms with van der Waals surface area (Å²) in [4.78, 5) is 4.41. The van der Waals surface area contributed by atoms with Crippen molar-refractivity contribution in [3.8, 4) is 0 Å². The van der Waals surface area contributed by atoms with E-state index < -0.39 is 11.9 Å². The predicted molar refractivity (Wildman–Crippen MR) is 72.5 cm³/mol. The third-order valence-corrected chi connectivity index (χ3v) is 2.81. The smallest absolute Gasteiger partial charge is 0.309 e. The van der Waals surface area contributed by atoms with Crippen molar-refractivity contribution in [2.75, 3.05) is 0 Å². The zero-order chi connectivity index (χ0) is 15.5. The first-order valence-corrected chi connectivity index (χ1v) is 6.63. The molecule has 4 nitrogen and oxygen atoms in total. The Kier molecular flexibility index (Phi) is 4.62. The summed E-state index contributed by atoms with van der Waals surface area (Å²) in [6, 6.07) is 6.80. The number of aromatic nitrogens is 3. The van der Waals surface area contributed by atoms with E-state index in [9.17, 15) is 13.2 Å². The van der Waals surface area contributed by atoms with Gasteiger partial charge in [-0.15, -0.1) is 0 Å². The molecule has 2 aromatic rings. The Labute approximate surface area is 121 Å². The largest absolute Gasteiger partial charge is 0.435 e. The van der Waals surface area contributed by atoms with Crippen LogP contribution in [0.2, 0.25) is 0 Å². The summed E-state index contributed by atoms with van der Waals surface area (Å²) in [5.41, 5.74) is 0.638. The summed E-state index contributed by atoms with van der Waals surface area (Å²) in [6.45, 7) is 4.91. The lowest BCUT2D eigenvalue weighted by atomic mass is 10.3. The van der Waals surface area contributed by atoms with Gasteiger partial charge in [0, 0.05) is 18.8 Å². The molecule has 0 spiro atoms. The van der Waals surface area contributed by atoms with Gasteiger partial charge in [0.15, 0.2) is 5.69 Å². The fourth-order valence-corrected chi connectivity index (χ4v) is 1.79. The molecule has 114 valence electrons. The molecule has 0 amide bonds. The van der Waals surface area contributed by atoms with Crippen LogP contribution in [0.1, 0.15) is 30.9 Å². The van der Waals surface area contributed by atoms with Gasteiger partial charge in [-0.2, -0.15) is 18.3 Å². The molecule has 0 unspecified atom stereocenters. The van der Waals surface area contributed by atoms with Crippen LogP contribution in [0.3, 0.4) is 0 Å². The molecule has 0 aliphatic carbocycles. The van der Waals surface area contributed by atoms with Crippen LogP contribution in [-0.2, 0) is 19.3 Å². The van der Waals surface area contributed by atoms with Gasteiger partial charge in [-0.1, -0.05) is 19.9 Å². The van der Waals surface area contributed by atoms with E-state index in [1.54, 1.807) is 6.07 Å². The lowest BCUT2D eigenvalue weighted by Gasteiger charge is -2.09. The maximum atomic E-state index is 12.5. The fraction of sp³-hybridized carbons (Fsp3) is 0.429. The van der Waals surface area contributed by atoms with E-state index in [-0.39, 0.29) is 6.54 Å². The Morgan fingerprint density at radius 2 is 1.90 bits per heavy atom. The highest BCUT2D eigenvalue weighted by atomic mass is 19.4. The number of hydrogen-bond acceptors (Lipinski definition) is 3. The van der Waals surface area contributed by atoms with Gasteiger partial charge in [0.2, 0.25) is 0 Å². The quantitative estimate of drug-likeness (QED) is 0.923. The lowest BCUT2D eigenvalue weighted by Crippen LogP contribution is -2.22. The topological polar surface area (TPSA) is 42.7 Å². The summed E-state index contributed by atoms with van der Waals surface area (Å²) in [6.07, 6.45) is -3.11. The summed E-state index contributed by atoms with van der Waals surface area (Å²) >= 11 is 0. The monoisotopic (exact) mass is 298 g/mol. The Balaban J connectivity index is 2.06. The normalized spacial score (nSPS) is 12.1. The second kappa shape index (κ2) is 6.26. The number of alkyl halides is 3. The molecule has 1 N–H and O–H groups in total. The third kappa shape index (κ3) is 4.56. The Bertz CT molecular complexity index is 590. The standard InChI is InChI=1S/C14H17F3N4/c1-10(2)18-8-11-4-3-5-12(19-11)9-21-7-6-13(20-21)14(15,16)17/h3-7,10,18H,8-9H2,1-2H3. The van der Waals surface area contributed by atoms with Gasteiger partial charge in [-0.05, 0) is 18.2 Å². The molecule has 2 rings (SSSR count). The molecule has 0 fully saturated rings. The first-order valence-electron chi connectivity index (χ1n) is 6.63. The maximum Gasteiger partial charge on any atom is 0.435 e. The van der Waals surface area contributed by atoms with Crippen molar-refractivity contribution in [2.24, 2.45) is 0 Å². The van der Waals surface area contributed by atoms with E-state index in [4.69, 9.17) is 0 Å². The molecule has 0 bridgehead atoms. The Morgan fingerprint density at radius 3 is 2.52 bits per heavy atom. The van der Waals surface area contributed by atoms with Crippen molar-refractivity contribution in [3.05, 3.63) is 47.5 Å². The number of pyridine rings is 1. The third-order valence-electron chi connectivity index (χ3n) is 2.81. The summed E-state index contributed by atoms with van der Waals surface area (Å²) < 4.78 is 38.7. The Morgan fingerprint density at radius 1 is 1.19 bits per heavy atom. The predicted octanol–water partition coefficient (Wildman–Crippen LogP) is 2.84. The lowest BCUT2D eigenvalue weighted by molar-refractivity contribution is -0.141. The first-order chi connectivity index (χ1) is 9.84. The zero-order valence-corrected chi connectivity index (χ0v) is 11.9. The molecule has 0 aliphatic heterocycles. The average Bonchev–Trinajstić information content (AvgIpc) is 2.85. The minimum absolute atomic E-state index is 0.214. The van der Waals surface area contributed by atoms with E-state index in [1.807, 2.05) is 26.0 Å². The molecular weight excluding hydrogens is 281 g/mol. The van der Waals surface area contributed by atoms with Crippen LogP contribution in [0.5, 0.6) is 0 Å². The van der Waals surface area contributed by atoms with Crippen molar-refractivity contribution in [1.82, 2.24) is 20.1 Å². The van der Waals surface area contributed by atoms with Crippen molar-refractivity contribution >= 4 is 0 Å². The number of hydrogen-bond donors (Lipinski definition) is 1. The summed E-state index contributed by atoms with van der Waals surface area (Å²) in [5, 5.41) is 6.76. The summed E-state index contributed by atoms with van der Waals surface area (Å²) in [5.74, 6) is 0. The Hall–Kier alpha value is -1.89. The van der Waals surface area contributed by atoms with Crippen LogP contribution in [-0.4, -0.2) is 20.8 Å². The van der Waals surface area contributed by atoms with E-state index in [0.717, 1.165) is 11.8 Å². The molecule has 0 atom stereocenters. The SMILES string of the molecule is CC(C)NCc1cccc(Cn2ccc(C(F)(F)F)n2)n1. The van der Waals surface area contributed by atoms with Gasteiger partial charge in [0.1, 0.15) is 0 Å². The maximum absolute atomic E-state index is 12.5. The molecule has 2 heterocycles. The van der Waals surface area contributed by atoms with Gasteiger partial charge in [0.25, 0.3) is 0 Å². The van der Waals surface area contributed by atoms with Crippen LogP contribution in [0.15, 0.2) is 30.5 Å². The molecule has 2 aromatic heterocycles. The van der Waals surface area contributed by atoms with Gasteiger partial charge in [0.05, 0.1) is 17.9 Å². The van der Waals surface area contributed by atoms with E-state index in [1.165, 1.54) is 10.9 Å². The number of nitrogens with one attached hydrogen (secondary N) is 1. The highest BCUT2D eigenvalue weighted by molar-refractivity contribution is 5.12. The first kappa shape index (κ1) is 15.5. The van der Waals surface area contributed by atoms with Crippen LogP contribution >= 0.6 is 0 Å². The van der Waals surface area contributed by atoms with Crippen LogP contribution in [0.25, 0.3) is 0 Å². The van der Waals surface area contributed by atoms with Crippen LogP contribution in [0, 0.1) is 0 Å². The van der Waals surface area contributed by atoms with Crippen molar-refractivity contribution in [1.29, 1.82) is 0 Å². The molecule has 21 heavy (non-hydrogen) atoms. The minimum Gasteiger partial charge on any atom is -0.309 e. The van der Waals surface area contributed by atoms with Crippen molar-refractivity contribution < 1.29 is 13.2 Å². The molecule has 0 radical (unpaired) electrons. The van der Waals surface area contributed by atoms with Crippen molar-refractivity contribution in [3.63, 3.8) is 0 Å². The molecule has 0 aromatic carbocycles. The zero-order valence-electron chi connectivity index (χ0n) is 11.9. The molecule has 0 saturated carbocycles.